The standard InChI is InChI=1S/C15H13F3N2O2/c1-2-3-8-11-12(21)14(22)20-13(19-11)9-6-4-5-7-10(9)15(16,17)18/h2,4-7,13H,1,3,8H2,(H,20,22). The molecule has 0 bridgehead atoms. The van der Waals surface area contributed by atoms with Crippen molar-refractivity contribution in [3.63, 3.8) is 0 Å². The Kier molecular flexibility index (Phi) is 4.44. The van der Waals surface area contributed by atoms with E-state index >= 15 is 0 Å². The number of aliphatic imine (C=N–C) groups is 1. The van der Waals surface area contributed by atoms with Crippen molar-refractivity contribution in [2.45, 2.75) is 25.2 Å². The van der Waals surface area contributed by atoms with Crippen molar-refractivity contribution >= 4 is 17.4 Å². The number of allylic oxidation sites excluding steroid dienone is 1. The van der Waals surface area contributed by atoms with Crippen LogP contribution in [-0.4, -0.2) is 17.4 Å². The summed E-state index contributed by atoms with van der Waals surface area (Å²) >= 11 is 0. The Morgan fingerprint density at radius 1 is 1.27 bits per heavy atom. The lowest BCUT2D eigenvalue weighted by molar-refractivity contribution is -0.139. The van der Waals surface area contributed by atoms with Gasteiger partial charge in [0, 0.05) is 5.56 Å². The van der Waals surface area contributed by atoms with Crippen molar-refractivity contribution in [3.8, 4) is 0 Å². The first-order chi connectivity index (χ1) is 10.3. The Bertz CT molecular complexity index is 650. The number of nitrogens with one attached hydrogen (secondary N) is 1. The molecule has 0 fully saturated rings. The van der Waals surface area contributed by atoms with Crippen LogP contribution in [0.3, 0.4) is 0 Å². The number of carbonyl (C=O) groups excluding carboxylic acids is 2. The number of alkyl halides is 3. The Morgan fingerprint density at radius 2 is 1.95 bits per heavy atom. The van der Waals surface area contributed by atoms with Crippen LogP contribution in [0, 0.1) is 0 Å². The number of ketones is 1. The van der Waals surface area contributed by atoms with Crippen LogP contribution in [0.2, 0.25) is 0 Å². The van der Waals surface area contributed by atoms with Crippen molar-refractivity contribution in [2.24, 2.45) is 4.99 Å². The van der Waals surface area contributed by atoms with Crippen LogP contribution in [0.5, 0.6) is 0 Å². The van der Waals surface area contributed by atoms with Gasteiger partial charge in [0.2, 0.25) is 0 Å². The summed E-state index contributed by atoms with van der Waals surface area (Å²) in [5.41, 5.74) is -1.11. The summed E-state index contributed by atoms with van der Waals surface area (Å²) in [6, 6.07) is 4.82. The summed E-state index contributed by atoms with van der Waals surface area (Å²) in [7, 11) is 0. The first-order valence-corrected chi connectivity index (χ1v) is 6.53. The van der Waals surface area contributed by atoms with E-state index in [-0.39, 0.29) is 17.7 Å². The molecule has 1 aliphatic heterocycles. The maximum atomic E-state index is 13.0. The molecule has 1 amide bonds. The SMILES string of the molecule is C=CCCC1=NC(c2ccccc2C(F)(F)F)NC(=O)C1=O. The van der Waals surface area contributed by atoms with Crippen LogP contribution >= 0.6 is 0 Å². The highest BCUT2D eigenvalue weighted by Gasteiger charge is 2.37. The second-order valence-corrected chi connectivity index (χ2v) is 4.69. The molecule has 0 saturated carbocycles. The van der Waals surface area contributed by atoms with E-state index in [2.05, 4.69) is 16.9 Å². The van der Waals surface area contributed by atoms with Gasteiger partial charge >= 0.3 is 6.18 Å². The highest BCUT2D eigenvalue weighted by Crippen LogP contribution is 2.35. The van der Waals surface area contributed by atoms with Crippen molar-refractivity contribution in [1.29, 1.82) is 0 Å². The molecule has 1 aromatic carbocycles. The van der Waals surface area contributed by atoms with Gasteiger partial charge in [-0.2, -0.15) is 13.2 Å². The second kappa shape index (κ2) is 6.13. The summed E-state index contributed by atoms with van der Waals surface area (Å²) in [6.45, 7) is 3.50. The van der Waals surface area contributed by atoms with Crippen molar-refractivity contribution in [2.75, 3.05) is 0 Å². The molecule has 1 atom stereocenters. The van der Waals surface area contributed by atoms with Gasteiger partial charge in [0.05, 0.1) is 11.3 Å². The van der Waals surface area contributed by atoms with Gasteiger partial charge in [-0.05, 0) is 18.9 Å². The number of hydrogen-bond donors (Lipinski definition) is 1. The second-order valence-electron chi connectivity index (χ2n) is 4.69. The molecule has 22 heavy (non-hydrogen) atoms. The van der Waals surface area contributed by atoms with Gasteiger partial charge in [0.15, 0.2) is 0 Å². The van der Waals surface area contributed by atoms with E-state index in [4.69, 9.17) is 0 Å². The number of hydrogen-bond acceptors (Lipinski definition) is 3. The summed E-state index contributed by atoms with van der Waals surface area (Å²) in [4.78, 5) is 27.3. The molecular weight excluding hydrogens is 297 g/mol. The summed E-state index contributed by atoms with van der Waals surface area (Å²) in [6.07, 6.45) is -3.67. The summed E-state index contributed by atoms with van der Waals surface area (Å²) in [5, 5.41) is 2.20. The molecule has 2 rings (SSSR count). The molecule has 7 heteroatoms. The molecule has 1 aliphatic rings. The highest BCUT2D eigenvalue weighted by molar-refractivity contribution is 6.65. The molecule has 0 spiro atoms. The average Bonchev–Trinajstić information content (AvgIpc) is 2.47. The van der Waals surface area contributed by atoms with E-state index in [1.807, 2.05) is 0 Å². The Hall–Kier alpha value is -2.44. The van der Waals surface area contributed by atoms with E-state index < -0.39 is 29.6 Å². The van der Waals surface area contributed by atoms with Gasteiger partial charge in [-0.3, -0.25) is 14.6 Å². The van der Waals surface area contributed by atoms with Crippen molar-refractivity contribution in [1.82, 2.24) is 5.32 Å². The number of carbonyl (C=O) groups is 2. The first-order valence-electron chi connectivity index (χ1n) is 6.53. The lowest BCUT2D eigenvalue weighted by atomic mass is 10.0. The van der Waals surface area contributed by atoms with Crippen LogP contribution in [0.25, 0.3) is 0 Å². The van der Waals surface area contributed by atoms with Crippen molar-refractivity contribution < 1.29 is 22.8 Å². The van der Waals surface area contributed by atoms with Crippen LogP contribution in [0.4, 0.5) is 13.2 Å². The molecule has 1 aromatic rings. The quantitative estimate of drug-likeness (QED) is 0.687. The fraction of sp³-hybridized carbons (Fsp3) is 0.267. The molecule has 0 radical (unpaired) electrons. The average molecular weight is 310 g/mol. The number of benzene rings is 1. The van der Waals surface area contributed by atoms with Gasteiger partial charge in [-0.1, -0.05) is 24.3 Å². The van der Waals surface area contributed by atoms with Gasteiger partial charge in [-0.15, -0.1) is 6.58 Å². The molecule has 116 valence electrons. The minimum atomic E-state index is -4.57. The van der Waals surface area contributed by atoms with Gasteiger partial charge in [-0.25, -0.2) is 0 Å². The van der Waals surface area contributed by atoms with E-state index in [0.29, 0.717) is 6.42 Å². The van der Waals surface area contributed by atoms with E-state index in [0.717, 1.165) is 6.07 Å². The third-order valence-corrected chi connectivity index (χ3v) is 3.17. The number of amides is 1. The Labute approximate surface area is 124 Å². The lowest BCUT2D eigenvalue weighted by Gasteiger charge is -2.23. The fourth-order valence-electron chi connectivity index (χ4n) is 2.13. The van der Waals surface area contributed by atoms with Crippen molar-refractivity contribution in [3.05, 3.63) is 48.0 Å². The third-order valence-electron chi connectivity index (χ3n) is 3.17. The zero-order valence-electron chi connectivity index (χ0n) is 11.5. The topological polar surface area (TPSA) is 58.5 Å². The van der Waals surface area contributed by atoms with E-state index in [9.17, 15) is 22.8 Å². The molecule has 1 N–H and O–H groups in total. The Balaban J connectivity index is 2.44. The first kappa shape index (κ1) is 15.9. The van der Waals surface area contributed by atoms with Crippen LogP contribution in [0.1, 0.15) is 30.1 Å². The van der Waals surface area contributed by atoms with E-state index in [1.165, 1.54) is 18.2 Å². The molecule has 4 nitrogen and oxygen atoms in total. The molecule has 0 aromatic heterocycles. The van der Waals surface area contributed by atoms with Crippen LogP contribution < -0.4 is 5.32 Å². The predicted octanol–water partition coefficient (Wildman–Crippen LogP) is 2.81. The minimum absolute atomic E-state index is 0.0365. The number of Topliss-reactive ketones (excluding diaryl/α,β-unsaturated/α-hetero) is 1. The maximum absolute atomic E-state index is 13.0. The fourth-order valence-corrected chi connectivity index (χ4v) is 2.13. The normalized spacial score (nSPS) is 18.7. The minimum Gasteiger partial charge on any atom is -0.323 e. The predicted molar refractivity (Wildman–Crippen MR) is 74.2 cm³/mol. The molecule has 0 aliphatic carbocycles. The zero-order valence-corrected chi connectivity index (χ0v) is 11.5. The van der Waals surface area contributed by atoms with Gasteiger partial charge in [0.25, 0.3) is 11.7 Å². The third kappa shape index (κ3) is 3.24. The highest BCUT2D eigenvalue weighted by atomic mass is 19.4. The number of rotatable bonds is 4. The summed E-state index contributed by atoms with van der Waals surface area (Å²) < 4.78 is 39.1. The molecule has 1 unspecified atom stereocenters. The monoisotopic (exact) mass is 310 g/mol. The number of nitrogens with zero attached hydrogens (tertiary/aromatic N) is 1. The number of halogens is 3. The van der Waals surface area contributed by atoms with E-state index in [1.54, 1.807) is 6.08 Å². The zero-order chi connectivity index (χ0) is 16.3. The molecule has 1 heterocycles. The van der Waals surface area contributed by atoms with Gasteiger partial charge in [0.1, 0.15) is 6.17 Å². The van der Waals surface area contributed by atoms with Crippen LogP contribution in [-0.2, 0) is 15.8 Å². The Morgan fingerprint density at radius 3 is 2.59 bits per heavy atom. The largest absolute Gasteiger partial charge is 0.416 e. The lowest BCUT2D eigenvalue weighted by Crippen LogP contribution is -2.43. The smallest absolute Gasteiger partial charge is 0.323 e. The molecular formula is C15H13F3N2O2. The summed E-state index contributed by atoms with van der Waals surface area (Å²) in [5.74, 6) is -1.77. The maximum Gasteiger partial charge on any atom is 0.416 e. The van der Waals surface area contributed by atoms with Gasteiger partial charge < -0.3 is 5.32 Å². The molecule has 0 saturated heterocycles. The van der Waals surface area contributed by atoms with Crippen LogP contribution in [0.15, 0.2) is 41.9 Å².